The molecule has 102 valence electrons. The highest BCUT2D eigenvalue weighted by molar-refractivity contribution is 7.15. The second-order valence-corrected chi connectivity index (χ2v) is 5.21. The lowest BCUT2D eigenvalue weighted by atomic mass is 10.2. The van der Waals surface area contributed by atoms with Gasteiger partial charge in [0, 0.05) is 16.6 Å². The fourth-order valence-electron chi connectivity index (χ4n) is 1.43. The molecule has 0 fully saturated rings. The third-order valence-electron chi connectivity index (χ3n) is 2.56. The number of nitrogens with zero attached hydrogens (tertiary/aromatic N) is 2. The molecule has 2 rings (SSSR count). The molecule has 2 aromatic heterocycles. The summed E-state index contributed by atoms with van der Waals surface area (Å²) in [4.78, 5) is 21.3. The Morgan fingerprint density at radius 1 is 1.45 bits per heavy atom. The summed E-state index contributed by atoms with van der Waals surface area (Å²) in [5, 5.41) is 11.9. The van der Waals surface area contributed by atoms with E-state index >= 15 is 0 Å². The zero-order valence-electron chi connectivity index (χ0n) is 11.1. The average molecular weight is 287 g/mol. The van der Waals surface area contributed by atoms with Gasteiger partial charge in [-0.15, -0.1) is 11.3 Å². The Balaban J connectivity index is 2.09. The van der Waals surface area contributed by atoms with E-state index < -0.39 is 0 Å². The van der Waals surface area contributed by atoms with E-state index in [4.69, 9.17) is 5.11 Å². The third-order valence-corrected chi connectivity index (χ3v) is 3.55. The number of nitrogens with one attached hydrogen (secondary N) is 1. The normalized spacial score (nSPS) is 9.75. The molecule has 0 aliphatic rings. The first-order valence-electron chi connectivity index (χ1n) is 5.91. The molecular formula is C14H13N3O2S. The Labute approximate surface area is 120 Å². The van der Waals surface area contributed by atoms with Gasteiger partial charge in [-0.25, -0.2) is 9.97 Å². The first-order chi connectivity index (χ1) is 9.60. The van der Waals surface area contributed by atoms with Crippen LogP contribution in [0.25, 0.3) is 0 Å². The SMILES string of the molecule is Cc1nc(NC(=O)c2ccc(C#CCO)cn2)sc1C. The molecule has 2 aromatic rings. The smallest absolute Gasteiger partial charge is 0.276 e. The third kappa shape index (κ3) is 3.41. The maximum atomic E-state index is 12.0. The van der Waals surface area contributed by atoms with E-state index in [1.54, 1.807) is 12.1 Å². The van der Waals surface area contributed by atoms with Crippen LogP contribution in [-0.2, 0) is 0 Å². The van der Waals surface area contributed by atoms with Crippen LogP contribution in [0.1, 0.15) is 26.6 Å². The minimum absolute atomic E-state index is 0.203. The summed E-state index contributed by atoms with van der Waals surface area (Å²) in [6, 6.07) is 3.27. The molecule has 2 N–H and O–H groups in total. The zero-order valence-corrected chi connectivity index (χ0v) is 11.9. The summed E-state index contributed by atoms with van der Waals surface area (Å²) in [6.07, 6.45) is 1.50. The number of carbonyl (C=O) groups excluding carboxylic acids is 1. The van der Waals surface area contributed by atoms with Crippen molar-refractivity contribution in [1.29, 1.82) is 0 Å². The van der Waals surface area contributed by atoms with Crippen molar-refractivity contribution in [2.75, 3.05) is 11.9 Å². The molecule has 0 spiro atoms. The first kappa shape index (κ1) is 14.2. The van der Waals surface area contributed by atoms with Crippen molar-refractivity contribution in [3.05, 3.63) is 40.2 Å². The summed E-state index contributed by atoms with van der Waals surface area (Å²) in [6.45, 7) is 3.65. The van der Waals surface area contributed by atoms with E-state index in [1.807, 2.05) is 13.8 Å². The molecule has 5 nitrogen and oxygen atoms in total. The van der Waals surface area contributed by atoms with Crippen molar-refractivity contribution >= 4 is 22.4 Å². The molecule has 0 atom stereocenters. The standard InChI is InChI=1S/C14H13N3O2S/c1-9-10(2)20-14(16-9)17-13(19)12-6-5-11(8-15-12)4-3-7-18/h5-6,8,18H,7H2,1-2H3,(H,16,17,19). The van der Waals surface area contributed by atoms with Crippen LogP contribution < -0.4 is 5.32 Å². The quantitative estimate of drug-likeness (QED) is 0.825. The van der Waals surface area contributed by atoms with Crippen molar-refractivity contribution in [2.24, 2.45) is 0 Å². The van der Waals surface area contributed by atoms with Crippen LogP contribution in [0.4, 0.5) is 5.13 Å². The van der Waals surface area contributed by atoms with Crippen molar-refractivity contribution < 1.29 is 9.90 Å². The predicted octanol–water partition coefficient (Wildman–Crippen LogP) is 1.75. The topological polar surface area (TPSA) is 75.1 Å². The van der Waals surface area contributed by atoms with Gasteiger partial charge in [0.2, 0.25) is 0 Å². The number of thiazole rings is 1. The number of carbonyl (C=O) groups is 1. The van der Waals surface area contributed by atoms with Gasteiger partial charge in [0.05, 0.1) is 5.69 Å². The number of pyridine rings is 1. The van der Waals surface area contributed by atoms with E-state index in [9.17, 15) is 4.79 Å². The number of aryl methyl sites for hydroxylation is 2. The summed E-state index contributed by atoms with van der Waals surface area (Å²) in [5.74, 6) is 4.93. The number of aliphatic hydroxyl groups excluding tert-OH is 1. The minimum Gasteiger partial charge on any atom is -0.384 e. The van der Waals surface area contributed by atoms with Crippen molar-refractivity contribution in [3.8, 4) is 11.8 Å². The van der Waals surface area contributed by atoms with Gasteiger partial charge in [-0.2, -0.15) is 0 Å². The number of hydrogen-bond donors (Lipinski definition) is 2. The van der Waals surface area contributed by atoms with Gasteiger partial charge in [0.15, 0.2) is 5.13 Å². The second-order valence-electron chi connectivity index (χ2n) is 4.01. The number of rotatable bonds is 2. The minimum atomic E-state index is -0.305. The average Bonchev–Trinajstić information content (AvgIpc) is 2.75. The molecule has 20 heavy (non-hydrogen) atoms. The molecule has 6 heteroatoms. The predicted molar refractivity (Wildman–Crippen MR) is 77.7 cm³/mol. The zero-order chi connectivity index (χ0) is 14.5. The summed E-state index contributed by atoms with van der Waals surface area (Å²) in [7, 11) is 0. The highest BCUT2D eigenvalue weighted by Gasteiger charge is 2.10. The molecule has 0 aliphatic carbocycles. The summed E-state index contributed by atoms with van der Waals surface area (Å²) in [5.41, 5.74) is 1.86. The lowest BCUT2D eigenvalue weighted by molar-refractivity contribution is 0.102. The fraction of sp³-hybridized carbons (Fsp3) is 0.214. The lowest BCUT2D eigenvalue weighted by Gasteiger charge is -2.00. The van der Waals surface area contributed by atoms with Gasteiger partial charge in [-0.3, -0.25) is 10.1 Å². The summed E-state index contributed by atoms with van der Waals surface area (Å²) >= 11 is 1.43. The Bertz CT molecular complexity index is 661. The second kappa shape index (κ2) is 6.28. The Morgan fingerprint density at radius 3 is 2.80 bits per heavy atom. The highest BCUT2D eigenvalue weighted by Crippen LogP contribution is 2.21. The van der Waals surface area contributed by atoms with Crippen LogP contribution in [0.15, 0.2) is 18.3 Å². The highest BCUT2D eigenvalue weighted by atomic mass is 32.1. The Morgan fingerprint density at radius 2 is 2.25 bits per heavy atom. The van der Waals surface area contributed by atoms with Gasteiger partial charge in [-0.05, 0) is 26.0 Å². The van der Waals surface area contributed by atoms with E-state index in [0.29, 0.717) is 16.4 Å². The number of aromatic nitrogens is 2. The van der Waals surface area contributed by atoms with Crippen LogP contribution >= 0.6 is 11.3 Å². The monoisotopic (exact) mass is 287 g/mol. The maximum absolute atomic E-state index is 12.0. The molecule has 0 unspecified atom stereocenters. The lowest BCUT2D eigenvalue weighted by Crippen LogP contribution is -2.13. The number of aliphatic hydroxyl groups is 1. The van der Waals surface area contributed by atoms with Gasteiger partial charge in [0.1, 0.15) is 12.3 Å². The fourth-order valence-corrected chi connectivity index (χ4v) is 2.24. The van der Waals surface area contributed by atoms with E-state index in [0.717, 1.165) is 10.6 Å². The van der Waals surface area contributed by atoms with Crippen LogP contribution in [0, 0.1) is 25.7 Å². The van der Waals surface area contributed by atoms with Crippen molar-refractivity contribution in [2.45, 2.75) is 13.8 Å². The molecule has 2 heterocycles. The molecule has 0 saturated heterocycles. The van der Waals surface area contributed by atoms with E-state index in [2.05, 4.69) is 27.1 Å². The number of anilines is 1. The molecule has 0 radical (unpaired) electrons. The molecule has 0 saturated carbocycles. The molecule has 0 aromatic carbocycles. The van der Waals surface area contributed by atoms with E-state index in [1.165, 1.54) is 17.5 Å². The van der Waals surface area contributed by atoms with Crippen molar-refractivity contribution in [1.82, 2.24) is 9.97 Å². The Hall–Kier alpha value is -2.23. The molecule has 1 amide bonds. The first-order valence-corrected chi connectivity index (χ1v) is 6.73. The van der Waals surface area contributed by atoms with Crippen molar-refractivity contribution in [3.63, 3.8) is 0 Å². The number of hydrogen-bond acceptors (Lipinski definition) is 5. The number of amides is 1. The molecule has 0 aliphatic heterocycles. The molecular weight excluding hydrogens is 274 g/mol. The largest absolute Gasteiger partial charge is 0.384 e. The van der Waals surface area contributed by atoms with Gasteiger partial charge >= 0.3 is 0 Å². The van der Waals surface area contributed by atoms with Gasteiger partial charge in [0.25, 0.3) is 5.91 Å². The van der Waals surface area contributed by atoms with Gasteiger partial charge in [-0.1, -0.05) is 11.8 Å². The Kier molecular flexibility index (Phi) is 4.45. The van der Waals surface area contributed by atoms with Gasteiger partial charge < -0.3 is 5.11 Å². The summed E-state index contributed by atoms with van der Waals surface area (Å²) < 4.78 is 0. The van der Waals surface area contributed by atoms with Crippen LogP contribution in [0.3, 0.4) is 0 Å². The van der Waals surface area contributed by atoms with E-state index in [-0.39, 0.29) is 12.5 Å². The molecule has 0 bridgehead atoms. The van der Waals surface area contributed by atoms with Crippen LogP contribution in [0.2, 0.25) is 0 Å². The maximum Gasteiger partial charge on any atom is 0.276 e. The van der Waals surface area contributed by atoms with Crippen LogP contribution in [-0.4, -0.2) is 27.6 Å². The van der Waals surface area contributed by atoms with Crippen LogP contribution in [0.5, 0.6) is 0 Å².